The summed E-state index contributed by atoms with van der Waals surface area (Å²) in [6.45, 7) is 0. The van der Waals surface area contributed by atoms with Crippen LogP contribution in [0.15, 0.2) is 176 Å². The number of nitrogens with zero attached hydrogens (tertiary/aromatic N) is 3. The van der Waals surface area contributed by atoms with E-state index < -0.39 is 0 Å². The summed E-state index contributed by atoms with van der Waals surface area (Å²) >= 11 is 0. The van der Waals surface area contributed by atoms with Crippen molar-refractivity contribution in [1.29, 1.82) is 0 Å². The molecule has 12 rings (SSSR count). The summed E-state index contributed by atoms with van der Waals surface area (Å²) in [4.78, 5) is 4.91. The lowest BCUT2D eigenvalue weighted by Crippen LogP contribution is -1.95. The predicted molar refractivity (Wildman–Crippen MR) is 218 cm³/mol. The number of aromatic nitrogens is 3. The summed E-state index contributed by atoms with van der Waals surface area (Å²) < 4.78 is 4.85. The number of hydrogen-bond donors (Lipinski definition) is 0. The molecule has 11 aromatic rings. The van der Waals surface area contributed by atoms with Gasteiger partial charge in [-0.05, 0) is 93.7 Å². The number of hydrogen-bond acceptors (Lipinski definition) is 1. The first-order chi connectivity index (χ1) is 25.8. The van der Waals surface area contributed by atoms with E-state index in [-0.39, 0.29) is 0 Å². The molecule has 0 N–H and O–H groups in total. The lowest BCUT2D eigenvalue weighted by molar-refractivity contribution is 1.18. The minimum absolute atomic E-state index is 1.07. The Hall–Kier alpha value is -6.97. The first kappa shape index (κ1) is 27.8. The van der Waals surface area contributed by atoms with Gasteiger partial charge in [-0.1, -0.05) is 109 Å². The molecule has 0 fully saturated rings. The maximum absolute atomic E-state index is 4.91. The molecule has 3 heteroatoms. The van der Waals surface area contributed by atoms with Crippen LogP contribution in [0.3, 0.4) is 0 Å². The zero-order valence-corrected chi connectivity index (χ0v) is 28.1. The number of benzene rings is 8. The van der Waals surface area contributed by atoms with Gasteiger partial charge in [0.05, 0.1) is 27.8 Å². The topological polar surface area (TPSA) is 22.8 Å². The van der Waals surface area contributed by atoms with Crippen LogP contribution < -0.4 is 0 Å². The third-order valence-electron chi connectivity index (χ3n) is 11.3. The summed E-state index contributed by atoms with van der Waals surface area (Å²) in [6.07, 6.45) is 1.94. The molecule has 0 saturated carbocycles. The number of pyridine rings is 1. The largest absolute Gasteiger partial charge is 0.309 e. The first-order valence-corrected chi connectivity index (χ1v) is 17.9. The molecule has 0 bridgehead atoms. The van der Waals surface area contributed by atoms with Gasteiger partial charge >= 0.3 is 0 Å². The SMILES string of the molecule is c1ccc(-n2c3ccccc3c3cc(-c4ccc5c(c4)c4ccc6ccccc6c4n5-c4ccc5c(c4)-c4nccc6cccc-5c46)ccc32)cc1. The van der Waals surface area contributed by atoms with Gasteiger partial charge in [-0.15, -0.1) is 0 Å². The van der Waals surface area contributed by atoms with Gasteiger partial charge in [0, 0.05) is 55.5 Å². The van der Waals surface area contributed by atoms with Gasteiger partial charge < -0.3 is 9.13 Å². The summed E-state index contributed by atoms with van der Waals surface area (Å²) in [5.74, 6) is 0. The highest BCUT2D eigenvalue weighted by molar-refractivity contribution is 6.20. The van der Waals surface area contributed by atoms with Crippen molar-refractivity contribution in [1.82, 2.24) is 14.1 Å². The van der Waals surface area contributed by atoms with Crippen LogP contribution in [-0.2, 0) is 0 Å². The Bertz CT molecular complexity index is 3280. The molecule has 3 nitrogen and oxygen atoms in total. The monoisotopic (exact) mass is 659 g/mol. The average molecular weight is 660 g/mol. The van der Waals surface area contributed by atoms with Crippen LogP contribution in [-0.4, -0.2) is 14.1 Å². The van der Waals surface area contributed by atoms with Gasteiger partial charge in [-0.25, -0.2) is 0 Å². The number of fused-ring (bicyclic) bond motifs is 11. The zero-order valence-electron chi connectivity index (χ0n) is 28.1. The Morgan fingerprint density at radius 2 is 1.08 bits per heavy atom. The van der Waals surface area contributed by atoms with Crippen molar-refractivity contribution in [3.63, 3.8) is 0 Å². The molecule has 0 radical (unpaired) electrons. The number of para-hydroxylation sites is 2. The van der Waals surface area contributed by atoms with Crippen molar-refractivity contribution < 1.29 is 0 Å². The lowest BCUT2D eigenvalue weighted by Gasteiger charge is -2.12. The molecule has 0 amide bonds. The van der Waals surface area contributed by atoms with E-state index in [0.29, 0.717) is 0 Å². The van der Waals surface area contributed by atoms with E-state index in [1.165, 1.54) is 98.7 Å². The van der Waals surface area contributed by atoms with E-state index in [1.807, 2.05) is 6.20 Å². The van der Waals surface area contributed by atoms with Crippen LogP contribution in [0.1, 0.15) is 0 Å². The fourth-order valence-corrected chi connectivity index (χ4v) is 9.00. The van der Waals surface area contributed by atoms with Crippen molar-refractivity contribution >= 4 is 65.2 Å². The Kier molecular flexibility index (Phi) is 5.50. The fraction of sp³-hybridized carbons (Fsp3) is 0. The molecular formula is C49H29N3. The number of rotatable bonds is 3. The van der Waals surface area contributed by atoms with Gasteiger partial charge in [-0.2, -0.15) is 0 Å². The Labute approximate surface area is 299 Å². The Morgan fingerprint density at radius 3 is 1.94 bits per heavy atom. The third kappa shape index (κ3) is 3.72. The van der Waals surface area contributed by atoms with Crippen molar-refractivity contribution in [2.45, 2.75) is 0 Å². The molecule has 0 aliphatic heterocycles. The van der Waals surface area contributed by atoms with Crippen molar-refractivity contribution in [2.24, 2.45) is 0 Å². The molecule has 0 spiro atoms. The van der Waals surface area contributed by atoms with E-state index in [0.717, 1.165) is 11.4 Å². The molecule has 52 heavy (non-hydrogen) atoms. The van der Waals surface area contributed by atoms with Crippen LogP contribution in [0.25, 0.3) is 110 Å². The van der Waals surface area contributed by atoms with E-state index >= 15 is 0 Å². The molecule has 8 aromatic carbocycles. The minimum atomic E-state index is 1.07. The lowest BCUT2D eigenvalue weighted by atomic mass is 10.00. The van der Waals surface area contributed by atoms with E-state index in [1.54, 1.807) is 0 Å². The molecule has 1 aliphatic rings. The van der Waals surface area contributed by atoms with Gasteiger partial charge in [0.1, 0.15) is 0 Å². The van der Waals surface area contributed by atoms with Crippen LogP contribution in [0.4, 0.5) is 0 Å². The predicted octanol–water partition coefficient (Wildman–Crippen LogP) is 12.9. The minimum Gasteiger partial charge on any atom is -0.309 e. The molecule has 0 unspecified atom stereocenters. The third-order valence-corrected chi connectivity index (χ3v) is 11.3. The highest BCUT2D eigenvalue weighted by atomic mass is 15.0. The van der Waals surface area contributed by atoms with Crippen LogP contribution in [0.2, 0.25) is 0 Å². The van der Waals surface area contributed by atoms with Crippen molar-refractivity contribution in [2.75, 3.05) is 0 Å². The molecule has 3 heterocycles. The first-order valence-electron chi connectivity index (χ1n) is 17.9. The smallest absolute Gasteiger partial charge is 0.0793 e. The van der Waals surface area contributed by atoms with E-state index in [2.05, 4.69) is 179 Å². The summed E-state index contributed by atoms with van der Waals surface area (Å²) in [5.41, 5.74) is 14.4. The zero-order chi connectivity index (χ0) is 33.9. The normalized spacial score (nSPS) is 12.2. The van der Waals surface area contributed by atoms with Crippen LogP contribution in [0.5, 0.6) is 0 Å². The Morgan fingerprint density at radius 1 is 0.365 bits per heavy atom. The fourth-order valence-electron chi connectivity index (χ4n) is 9.00. The average Bonchev–Trinajstić information content (AvgIpc) is 3.84. The van der Waals surface area contributed by atoms with E-state index in [4.69, 9.17) is 4.98 Å². The van der Waals surface area contributed by atoms with Crippen LogP contribution >= 0.6 is 0 Å². The molecule has 240 valence electrons. The van der Waals surface area contributed by atoms with Gasteiger partial charge in [0.25, 0.3) is 0 Å². The van der Waals surface area contributed by atoms with E-state index in [9.17, 15) is 0 Å². The van der Waals surface area contributed by atoms with Gasteiger partial charge in [-0.3, -0.25) is 4.98 Å². The second kappa shape index (κ2) is 10.3. The highest BCUT2D eigenvalue weighted by Crippen LogP contribution is 2.48. The molecule has 1 aliphatic carbocycles. The summed E-state index contributed by atoms with van der Waals surface area (Å²) in [5, 5.41) is 9.98. The maximum Gasteiger partial charge on any atom is 0.0793 e. The molecule has 3 aromatic heterocycles. The molecular weight excluding hydrogens is 631 g/mol. The van der Waals surface area contributed by atoms with Crippen molar-refractivity contribution in [3.05, 3.63) is 176 Å². The standard InChI is InChI=1S/C49H29N3/c1-2-11-34(12-3-1)51-44-16-7-6-14-38(44)41-27-32(18-23-45(41)51)33-19-24-46-42(28-33)40-21-17-30-9-4-5-13-36(30)49(40)52(46)35-20-22-37-39-15-8-10-31-25-26-50-48(47(31)39)43(37)29-35/h1-29H. The summed E-state index contributed by atoms with van der Waals surface area (Å²) in [7, 11) is 0. The van der Waals surface area contributed by atoms with Gasteiger partial charge in [0.15, 0.2) is 0 Å². The quantitative estimate of drug-likeness (QED) is 0.185. The highest BCUT2D eigenvalue weighted by Gasteiger charge is 2.24. The van der Waals surface area contributed by atoms with Crippen molar-refractivity contribution in [3.8, 4) is 44.9 Å². The molecule has 0 atom stereocenters. The maximum atomic E-state index is 4.91. The van der Waals surface area contributed by atoms with Gasteiger partial charge in [0.2, 0.25) is 0 Å². The van der Waals surface area contributed by atoms with Crippen LogP contribution in [0, 0.1) is 0 Å². The second-order valence-corrected chi connectivity index (χ2v) is 14.0. The molecule has 0 saturated heterocycles. The second-order valence-electron chi connectivity index (χ2n) is 14.0. The Balaban J connectivity index is 1.09. The summed E-state index contributed by atoms with van der Waals surface area (Å²) in [6, 6.07) is 62.3.